The van der Waals surface area contributed by atoms with E-state index in [0.29, 0.717) is 0 Å². The molecule has 30 heavy (non-hydrogen) atoms. The summed E-state index contributed by atoms with van der Waals surface area (Å²) in [5.41, 5.74) is 5.80. The average molecular weight is 388 g/mol. The Morgan fingerprint density at radius 2 is 1.27 bits per heavy atom. The molecule has 1 aliphatic rings. The maximum Gasteiger partial charge on any atom is 0.117 e. The molecule has 0 amide bonds. The Morgan fingerprint density at radius 3 is 2.00 bits per heavy atom. The highest BCUT2D eigenvalue weighted by Gasteiger charge is 2.22. The maximum absolute atomic E-state index is 4.50. The Morgan fingerprint density at radius 1 is 0.633 bits per heavy atom. The highest BCUT2D eigenvalue weighted by atomic mass is 15.6. The normalized spacial score (nSPS) is 16.0. The molecule has 0 radical (unpaired) electrons. The second-order valence-corrected chi connectivity index (χ2v) is 7.60. The third-order valence-electron chi connectivity index (χ3n) is 5.80. The molecule has 1 aromatic heterocycles. The molecule has 2 heterocycles. The van der Waals surface area contributed by atoms with Gasteiger partial charge in [0.25, 0.3) is 0 Å². The summed E-state index contributed by atoms with van der Waals surface area (Å²) in [6, 6.07) is 36.1. The first kappa shape index (κ1) is 17.0. The molecule has 1 aliphatic heterocycles. The van der Waals surface area contributed by atoms with Crippen LogP contribution in [0.15, 0.2) is 113 Å². The number of fused-ring (bicyclic) bond motifs is 3. The van der Waals surface area contributed by atoms with Gasteiger partial charge in [-0.2, -0.15) is 5.11 Å². The number of hydrogen-bond donors (Lipinski definition) is 0. The zero-order valence-corrected chi connectivity index (χ0v) is 16.4. The van der Waals surface area contributed by atoms with Crippen LogP contribution in [0.5, 0.6) is 0 Å². The summed E-state index contributed by atoms with van der Waals surface area (Å²) in [7, 11) is 0. The SMILES string of the molecule is c1ccc(C2CN(c3cccc(-n4c5ccccc5c5ccccc54)c3)N=N2)cc1. The zero-order chi connectivity index (χ0) is 19.9. The summed E-state index contributed by atoms with van der Waals surface area (Å²) >= 11 is 0. The summed E-state index contributed by atoms with van der Waals surface area (Å²) in [4.78, 5) is 0. The van der Waals surface area contributed by atoms with Crippen molar-refractivity contribution in [2.45, 2.75) is 6.04 Å². The number of hydrogen-bond acceptors (Lipinski definition) is 3. The van der Waals surface area contributed by atoms with Crippen LogP contribution >= 0.6 is 0 Å². The van der Waals surface area contributed by atoms with Crippen LogP contribution < -0.4 is 5.01 Å². The monoisotopic (exact) mass is 388 g/mol. The largest absolute Gasteiger partial charge is 0.309 e. The summed E-state index contributed by atoms with van der Waals surface area (Å²) in [6.45, 7) is 0.751. The smallest absolute Gasteiger partial charge is 0.117 e. The standard InChI is InChI=1S/C26H20N4/c1-2-9-19(10-3-1)24-18-29(28-27-24)20-11-8-12-21(17-20)30-25-15-6-4-13-22(25)23-14-5-7-16-26(23)30/h1-17,24H,18H2. The predicted octanol–water partition coefficient (Wildman–Crippen LogP) is 6.71. The quantitative estimate of drug-likeness (QED) is 0.338. The van der Waals surface area contributed by atoms with Gasteiger partial charge in [-0.1, -0.05) is 78.0 Å². The minimum atomic E-state index is 0.0723. The maximum atomic E-state index is 4.50. The van der Waals surface area contributed by atoms with Gasteiger partial charge in [0.2, 0.25) is 0 Å². The third-order valence-corrected chi connectivity index (χ3v) is 5.80. The molecule has 0 N–H and O–H groups in total. The molecule has 0 fully saturated rings. The van der Waals surface area contributed by atoms with Crippen molar-refractivity contribution < 1.29 is 0 Å². The Labute approximate surface area is 174 Å². The van der Waals surface area contributed by atoms with Gasteiger partial charge in [0.1, 0.15) is 6.04 Å². The van der Waals surface area contributed by atoms with Gasteiger partial charge >= 0.3 is 0 Å². The first-order valence-corrected chi connectivity index (χ1v) is 10.2. The number of para-hydroxylation sites is 2. The van der Waals surface area contributed by atoms with Gasteiger partial charge in [-0.25, -0.2) is 5.01 Å². The van der Waals surface area contributed by atoms with Gasteiger partial charge in [0, 0.05) is 16.5 Å². The average Bonchev–Trinajstić information content (AvgIpc) is 3.43. The minimum absolute atomic E-state index is 0.0723. The van der Waals surface area contributed by atoms with E-state index in [2.05, 4.69) is 112 Å². The van der Waals surface area contributed by atoms with Gasteiger partial charge in [0.15, 0.2) is 0 Å². The van der Waals surface area contributed by atoms with Gasteiger partial charge < -0.3 is 4.57 Å². The summed E-state index contributed by atoms with van der Waals surface area (Å²) in [5.74, 6) is 0. The van der Waals surface area contributed by atoms with Gasteiger partial charge in [-0.15, -0.1) is 0 Å². The Hall–Kier alpha value is -3.92. The number of rotatable bonds is 3. The van der Waals surface area contributed by atoms with Crippen LogP contribution in [0, 0.1) is 0 Å². The van der Waals surface area contributed by atoms with Crippen molar-refractivity contribution in [2.24, 2.45) is 10.3 Å². The van der Waals surface area contributed by atoms with Crippen molar-refractivity contribution in [3.63, 3.8) is 0 Å². The molecule has 0 aliphatic carbocycles. The van der Waals surface area contributed by atoms with Crippen LogP contribution in [0.4, 0.5) is 5.69 Å². The van der Waals surface area contributed by atoms with E-state index >= 15 is 0 Å². The van der Waals surface area contributed by atoms with Gasteiger partial charge in [-0.3, -0.25) is 0 Å². The lowest BCUT2D eigenvalue weighted by Crippen LogP contribution is -2.16. The second kappa shape index (κ2) is 6.85. The fourth-order valence-electron chi connectivity index (χ4n) is 4.36. The highest BCUT2D eigenvalue weighted by Crippen LogP contribution is 2.34. The molecule has 4 nitrogen and oxygen atoms in total. The van der Waals surface area contributed by atoms with E-state index < -0.39 is 0 Å². The van der Waals surface area contributed by atoms with Crippen LogP contribution in [0.1, 0.15) is 11.6 Å². The van der Waals surface area contributed by atoms with E-state index in [1.165, 1.54) is 27.4 Å². The molecule has 5 aromatic rings. The lowest BCUT2D eigenvalue weighted by molar-refractivity contribution is 0.780. The molecule has 0 bridgehead atoms. The zero-order valence-electron chi connectivity index (χ0n) is 16.4. The fourth-order valence-corrected chi connectivity index (χ4v) is 4.36. The fraction of sp³-hybridized carbons (Fsp3) is 0.0769. The van der Waals surface area contributed by atoms with E-state index in [9.17, 15) is 0 Å². The van der Waals surface area contributed by atoms with E-state index in [1.54, 1.807) is 0 Å². The molecular formula is C26H20N4. The van der Waals surface area contributed by atoms with Crippen molar-refractivity contribution in [3.8, 4) is 5.69 Å². The number of benzene rings is 4. The minimum Gasteiger partial charge on any atom is -0.309 e. The molecule has 1 unspecified atom stereocenters. The van der Waals surface area contributed by atoms with E-state index in [4.69, 9.17) is 0 Å². The Bertz CT molecular complexity index is 1330. The van der Waals surface area contributed by atoms with Crippen LogP contribution in [-0.4, -0.2) is 11.1 Å². The molecule has 0 spiro atoms. The molecule has 6 rings (SSSR count). The second-order valence-electron chi connectivity index (χ2n) is 7.60. The number of nitrogens with zero attached hydrogens (tertiary/aromatic N) is 4. The van der Waals surface area contributed by atoms with Crippen molar-refractivity contribution in [1.82, 2.24) is 4.57 Å². The highest BCUT2D eigenvalue weighted by molar-refractivity contribution is 6.09. The third kappa shape index (κ3) is 2.69. The summed E-state index contributed by atoms with van der Waals surface area (Å²) in [6.07, 6.45) is 0. The molecule has 4 heteroatoms. The Kier molecular flexibility index (Phi) is 3.88. The number of aromatic nitrogens is 1. The van der Waals surface area contributed by atoms with Crippen molar-refractivity contribution in [1.29, 1.82) is 0 Å². The Balaban J connectivity index is 1.42. The summed E-state index contributed by atoms with van der Waals surface area (Å²) in [5, 5.41) is 13.5. The van der Waals surface area contributed by atoms with Gasteiger partial charge in [0.05, 0.1) is 23.3 Å². The lowest BCUT2D eigenvalue weighted by Gasteiger charge is -2.16. The topological polar surface area (TPSA) is 32.9 Å². The van der Waals surface area contributed by atoms with E-state index in [-0.39, 0.29) is 6.04 Å². The van der Waals surface area contributed by atoms with Crippen LogP contribution in [0.2, 0.25) is 0 Å². The van der Waals surface area contributed by atoms with Crippen LogP contribution in [0.25, 0.3) is 27.5 Å². The first-order chi connectivity index (χ1) is 14.9. The van der Waals surface area contributed by atoms with E-state index in [1.807, 2.05) is 11.1 Å². The van der Waals surface area contributed by atoms with Crippen LogP contribution in [-0.2, 0) is 0 Å². The predicted molar refractivity (Wildman–Crippen MR) is 122 cm³/mol. The lowest BCUT2D eigenvalue weighted by atomic mass is 10.1. The molecular weight excluding hydrogens is 368 g/mol. The molecule has 0 saturated carbocycles. The molecule has 144 valence electrons. The first-order valence-electron chi connectivity index (χ1n) is 10.2. The van der Waals surface area contributed by atoms with Crippen molar-refractivity contribution >= 4 is 27.5 Å². The molecule has 4 aromatic carbocycles. The van der Waals surface area contributed by atoms with Crippen LogP contribution in [0.3, 0.4) is 0 Å². The van der Waals surface area contributed by atoms with Crippen molar-refractivity contribution in [3.05, 3.63) is 109 Å². The molecule has 1 atom stereocenters. The molecule has 0 saturated heterocycles. The van der Waals surface area contributed by atoms with Crippen molar-refractivity contribution in [2.75, 3.05) is 11.6 Å². The number of anilines is 1. The van der Waals surface area contributed by atoms with E-state index in [0.717, 1.165) is 17.9 Å². The summed E-state index contributed by atoms with van der Waals surface area (Å²) < 4.78 is 2.33. The van der Waals surface area contributed by atoms with Gasteiger partial charge in [-0.05, 0) is 35.9 Å².